The fraction of sp³-hybridized carbons (Fsp3) is 0.111. The number of ether oxygens (including phenoxy) is 1. The zero-order valence-corrected chi connectivity index (χ0v) is 15.3. The summed E-state index contributed by atoms with van der Waals surface area (Å²) in [6.45, 7) is 0.252. The third-order valence-corrected chi connectivity index (χ3v) is 5.23. The van der Waals surface area contributed by atoms with Crippen LogP contribution in [0.5, 0.6) is 5.75 Å². The van der Waals surface area contributed by atoms with E-state index in [1.54, 1.807) is 13.2 Å². The van der Waals surface area contributed by atoms with Crippen molar-refractivity contribution in [2.75, 3.05) is 7.11 Å². The Morgan fingerprint density at radius 2 is 1.96 bits per heavy atom. The summed E-state index contributed by atoms with van der Waals surface area (Å²) < 4.78 is 6.05. The molecule has 1 fully saturated rings. The number of halogens is 1. The monoisotopic (exact) mass is 403 g/mol. The number of methoxy groups -OCH3 is 1. The molecule has 0 aliphatic carbocycles. The highest BCUT2D eigenvalue weighted by Crippen LogP contribution is 2.34. The zero-order valence-electron chi connectivity index (χ0n) is 12.9. The van der Waals surface area contributed by atoms with Gasteiger partial charge in [-0.1, -0.05) is 46.3 Å². The lowest BCUT2D eigenvalue weighted by Gasteiger charge is -2.13. The van der Waals surface area contributed by atoms with Crippen LogP contribution in [0.25, 0.3) is 6.08 Å². The lowest BCUT2D eigenvalue weighted by Crippen LogP contribution is -2.27. The lowest BCUT2D eigenvalue weighted by molar-refractivity contribution is -0.123. The molecule has 1 aliphatic heterocycles. The fourth-order valence-electron chi connectivity index (χ4n) is 2.32. The van der Waals surface area contributed by atoms with Gasteiger partial charge in [-0.15, -0.1) is 0 Å². The molecule has 6 heteroatoms. The third-order valence-electron chi connectivity index (χ3n) is 3.55. The predicted molar refractivity (Wildman–Crippen MR) is 98.7 cm³/mol. The van der Waals surface area contributed by atoms with Crippen LogP contribution >= 0.6 is 27.7 Å². The van der Waals surface area contributed by atoms with Crippen LogP contribution < -0.4 is 4.74 Å². The standard InChI is InChI=1S/C18H14BrNO3S/c1-23-14-7-4-5-12(9-14)10-16-17(21)20(18(22)24-16)11-13-6-2-3-8-15(13)19/h2-10H,11H2,1H3/b16-10-. The third kappa shape index (κ3) is 3.55. The van der Waals surface area contributed by atoms with E-state index < -0.39 is 0 Å². The Labute approximate surface area is 152 Å². The second kappa shape index (κ2) is 7.23. The number of carbonyl (C=O) groups is 2. The van der Waals surface area contributed by atoms with Crippen molar-refractivity contribution in [2.24, 2.45) is 0 Å². The van der Waals surface area contributed by atoms with Crippen LogP contribution in [0.1, 0.15) is 11.1 Å². The summed E-state index contributed by atoms with van der Waals surface area (Å²) in [6.07, 6.45) is 1.72. The summed E-state index contributed by atoms with van der Waals surface area (Å²) in [6, 6.07) is 14.9. The van der Waals surface area contributed by atoms with Crippen LogP contribution in [-0.2, 0) is 11.3 Å². The van der Waals surface area contributed by atoms with Crippen LogP contribution in [0, 0.1) is 0 Å². The van der Waals surface area contributed by atoms with Gasteiger partial charge in [0.1, 0.15) is 5.75 Å². The van der Waals surface area contributed by atoms with E-state index in [0.717, 1.165) is 27.4 Å². The molecule has 0 atom stereocenters. The van der Waals surface area contributed by atoms with Crippen molar-refractivity contribution in [3.8, 4) is 5.75 Å². The molecular weight excluding hydrogens is 390 g/mol. The molecule has 1 saturated heterocycles. The van der Waals surface area contributed by atoms with Crippen molar-refractivity contribution in [1.29, 1.82) is 0 Å². The predicted octanol–water partition coefficient (Wildman–Crippen LogP) is 4.69. The van der Waals surface area contributed by atoms with Gasteiger partial charge in [-0.05, 0) is 47.2 Å². The van der Waals surface area contributed by atoms with E-state index in [2.05, 4.69) is 15.9 Å². The summed E-state index contributed by atoms with van der Waals surface area (Å²) >= 11 is 4.40. The van der Waals surface area contributed by atoms with E-state index in [9.17, 15) is 9.59 Å². The van der Waals surface area contributed by atoms with Crippen molar-refractivity contribution in [3.63, 3.8) is 0 Å². The minimum atomic E-state index is -0.274. The number of thioether (sulfide) groups is 1. The number of nitrogens with zero attached hydrogens (tertiary/aromatic N) is 1. The van der Waals surface area contributed by atoms with Crippen molar-refractivity contribution in [1.82, 2.24) is 4.90 Å². The highest BCUT2D eigenvalue weighted by atomic mass is 79.9. The topological polar surface area (TPSA) is 46.6 Å². The quantitative estimate of drug-likeness (QED) is 0.694. The first-order valence-corrected chi connectivity index (χ1v) is 8.82. The van der Waals surface area contributed by atoms with Gasteiger partial charge in [0.25, 0.3) is 11.1 Å². The Balaban J connectivity index is 1.83. The van der Waals surface area contributed by atoms with Crippen LogP contribution in [0.15, 0.2) is 57.9 Å². The maximum atomic E-state index is 12.6. The molecule has 0 aromatic heterocycles. The molecule has 0 unspecified atom stereocenters. The Morgan fingerprint density at radius 3 is 2.71 bits per heavy atom. The maximum absolute atomic E-state index is 12.6. The molecule has 3 rings (SSSR count). The molecule has 0 radical (unpaired) electrons. The van der Waals surface area contributed by atoms with E-state index in [4.69, 9.17) is 4.74 Å². The Bertz CT molecular complexity index is 835. The lowest BCUT2D eigenvalue weighted by atomic mass is 10.2. The van der Waals surface area contributed by atoms with Gasteiger partial charge < -0.3 is 4.74 Å². The molecule has 122 valence electrons. The molecule has 2 amide bonds. The summed E-state index contributed by atoms with van der Waals surface area (Å²) in [7, 11) is 1.59. The Hall–Kier alpha value is -2.05. The number of amides is 2. The number of hydrogen-bond acceptors (Lipinski definition) is 4. The van der Waals surface area contributed by atoms with Crippen LogP contribution in [0.3, 0.4) is 0 Å². The molecule has 1 aliphatic rings. The van der Waals surface area contributed by atoms with E-state index in [0.29, 0.717) is 10.7 Å². The van der Waals surface area contributed by atoms with Gasteiger partial charge in [-0.2, -0.15) is 0 Å². The minimum Gasteiger partial charge on any atom is -0.497 e. The second-order valence-corrected chi connectivity index (χ2v) is 6.98. The number of imide groups is 1. The number of rotatable bonds is 4. The zero-order chi connectivity index (χ0) is 17.1. The van der Waals surface area contributed by atoms with E-state index in [1.165, 1.54) is 4.90 Å². The molecule has 0 saturated carbocycles. The largest absolute Gasteiger partial charge is 0.497 e. The molecule has 2 aromatic carbocycles. The van der Waals surface area contributed by atoms with Gasteiger partial charge in [0.05, 0.1) is 18.6 Å². The first-order valence-electron chi connectivity index (χ1n) is 7.21. The number of carbonyl (C=O) groups excluding carboxylic acids is 2. The molecule has 2 aromatic rings. The summed E-state index contributed by atoms with van der Waals surface area (Å²) in [5.41, 5.74) is 1.71. The van der Waals surface area contributed by atoms with Crippen molar-refractivity contribution in [2.45, 2.75) is 6.54 Å². The van der Waals surface area contributed by atoms with E-state index in [-0.39, 0.29) is 17.7 Å². The molecular formula is C18H14BrNO3S. The molecule has 0 spiro atoms. The van der Waals surface area contributed by atoms with Gasteiger partial charge in [0.2, 0.25) is 0 Å². The SMILES string of the molecule is COc1cccc(/C=C2\SC(=O)N(Cc3ccccc3Br)C2=O)c1. The molecule has 24 heavy (non-hydrogen) atoms. The van der Waals surface area contributed by atoms with Crippen molar-refractivity contribution < 1.29 is 14.3 Å². The average molecular weight is 404 g/mol. The molecule has 0 N–H and O–H groups in total. The Kier molecular flexibility index (Phi) is 5.06. The van der Waals surface area contributed by atoms with Crippen LogP contribution in [0.2, 0.25) is 0 Å². The molecule has 4 nitrogen and oxygen atoms in total. The summed E-state index contributed by atoms with van der Waals surface area (Å²) in [4.78, 5) is 26.4. The highest BCUT2D eigenvalue weighted by molar-refractivity contribution is 9.10. The summed E-state index contributed by atoms with van der Waals surface area (Å²) in [5, 5.41) is -0.259. The van der Waals surface area contributed by atoms with Crippen molar-refractivity contribution in [3.05, 3.63) is 69.0 Å². The van der Waals surface area contributed by atoms with Crippen molar-refractivity contribution >= 4 is 44.9 Å². The average Bonchev–Trinajstić information content (AvgIpc) is 2.84. The first kappa shape index (κ1) is 16.8. The second-order valence-electron chi connectivity index (χ2n) is 5.14. The van der Waals surface area contributed by atoms with Gasteiger partial charge in [-0.25, -0.2) is 0 Å². The Morgan fingerprint density at radius 1 is 1.17 bits per heavy atom. The normalized spacial score (nSPS) is 16.1. The fourth-order valence-corrected chi connectivity index (χ4v) is 3.56. The summed E-state index contributed by atoms with van der Waals surface area (Å²) in [5.74, 6) is 0.430. The van der Waals surface area contributed by atoms with Gasteiger partial charge in [0.15, 0.2) is 0 Å². The number of hydrogen-bond donors (Lipinski definition) is 0. The van der Waals surface area contributed by atoms with Gasteiger partial charge in [-0.3, -0.25) is 14.5 Å². The van der Waals surface area contributed by atoms with E-state index in [1.807, 2.05) is 48.5 Å². The van der Waals surface area contributed by atoms with Crippen LogP contribution in [0.4, 0.5) is 4.79 Å². The molecule has 0 bridgehead atoms. The number of benzene rings is 2. The maximum Gasteiger partial charge on any atom is 0.293 e. The highest BCUT2D eigenvalue weighted by Gasteiger charge is 2.35. The van der Waals surface area contributed by atoms with Gasteiger partial charge in [0, 0.05) is 4.47 Å². The van der Waals surface area contributed by atoms with Gasteiger partial charge >= 0.3 is 0 Å². The molecule has 1 heterocycles. The van der Waals surface area contributed by atoms with Crippen LogP contribution in [-0.4, -0.2) is 23.2 Å². The van der Waals surface area contributed by atoms with E-state index >= 15 is 0 Å². The first-order chi connectivity index (χ1) is 11.6. The minimum absolute atomic E-state index is 0.252. The smallest absolute Gasteiger partial charge is 0.293 e.